The third kappa shape index (κ3) is 2.80. The molecule has 6 heteroatoms. The molecule has 5 nitrogen and oxygen atoms in total. The highest BCUT2D eigenvalue weighted by Gasteiger charge is 2.08. The van der Waals surface area contributed by atoms with Crippen LogP contribution in [0.15, 0.2) is 33.8 Å². The Morgan fingerprint density at radius 3 is 2.70 bits per heavy atom. The summed E-state index contributed by atoms with van der Waals surface area (Å²) in [5.74, 6) is -0.462. The van der Waals surface area contributed by atoms with Crippen LogP contribution in [0, 0.1) is 13.8 Å². The summed E-state index contributed by atoms with van der Waals surface area (Å²) in [6.45, 7) is 4.04. The molecule has 0 saturated heterocycles. The monoisotopic (exact) mass is 335 g/mol. The predicted molar refractivity (Wildman–Crippen MR) is 79.7 cm³/mol. The average Bonchev–Trinajstić information content (AvgIpc) is 2.41. The molecule has 0 aliphatic carbocycles. The molecule has 0 aliphatic rings. The van der Waals surface area contributed by atoms with Gasteiger partial charge in [-0.25, -0.2) is 4.98 Å². The molecule has 1 heterocycles. The number of hydrogen-bond donors (Lipinski definition) is 1. The fourth-order valence-corrected chi connectivity index (χ4v) is 2.20. The smallest absolute Gasteiger partial charge is 0.268 e. The van der Waals surface area contributed by atoms with Crippen LogP contribution in [-0.4, -0.2) is 15.5 Å². The van der Waals surface area contributed by atoms with E-state index in [1.807, 2.05) is 6.92 Å². The van der Waals surface area contributed by atoms with E-state index in [4.69, 9.17) is 5.73 Å². The molecule has 2 rings (SSSR count). The van der Waals surface area contributed by atoms with Crippen LogP contribution in [0.1, 0.15) is 27.2 Å². The maximum atomic E-state index is 12.1. The van der Waals surface area contributed by atoms with Gasteiger partial charge in [-0.2, -0.15) is 0 Å². The van der Waals surface area contributed by atoms with Gasteiger partial charge in [-0.3, -0.25) is 14.2 Å². The third-order valence-electron chi connectivity index (χ3n) is 3.12. The number of amides is 1. The van der Waals surface area contributed by atoms with E-state index in [0.29, 0.717) is 22.3 Å². The first-order valence-corrected chi connectivity index (χ1v) is 6.80. The van der Waals surface area contributed by atoms with E-state index in [-0.39, 0.29) is 5.56 Å². The van der Waals surface area contributed by atoms with Crippen molar-refractivity contribution >= 4 is 21.8 Å². The predicted octanol–water partition coefficient (Wildman–Crippen LogP) is 1.77. The minimum absolute atomic E-state index is 0.129. The summed E-state index contributed by atoms with van der Waals surface area (Å²) < 4.78 is 1.98. The number of benzene rings is 1. The highest BCUT2D eigenvalue weighted by molar-refractivity contribution is 9.10. The number of rotatable bonds is 3. The summed E-state index contributed by atoms with van der Waals surface area (Å²) in [5, 5.41) is 0. The Kier molecular flexibility index (Phi) is 4.04. The van der Waals surface area contributed by atoms with E-state index in [1.54, 1.807) is 25.1 Å². The van der Waals surface area contributed by atoms with Crippen molar-refractivity contribution in [2.75, 3.05) is 0 Å². The van der Waals surface area contributed by atoms with Crippen LogP contribution >= 0.6 is 15.9 Å². The highest BCUT2D eigenvalue weighted by Crippen LogP contribution is 2.13. The van der Waals surface area contributed by atoms with Crippen molar-refractivity contribution in [3.05, 3.63) is 61.7 Å². The Hall–Kier alpha value is -1.95. The number of aryl methyl sites for hydroxylation is 2. The topological polar surface area (TPSA) is 78.0 Å². The Bertz CT molecular complexity index is 738. The van der Waals surface area contributed by atoms with Gasteiger partial charge in [0.15, 0.2) is 0 Å². The summed E-state index contributed by atoms with van der Waals surface area (Å²) in [6, 6.07) is 5.18. The Morgan fingerprint density at radius 1 is 1.40 bits per heavy atom. The molecule has 0 spiro atoms. The number of nitrogens with zero attached hydrogens (tertiary/aromatic N) is 2. The van der Waals surface area contributed by atoms with Gasteiger partial charge in [-0.1, -0.05) is 6.07 Å². The van der Waals surface area contributed by atoms with Crippen LogP contribution in [0.25, 0.3) is 0 Å². The SMILES string of the molecule is Cc1cc(C(N)=O)ccc1Cn1cnc(C)c(Br)c1=O. The molecule has 2 N–H and O–H groups in total. The van der Waals surface area contributed by atoms with E-state index in [0.717, 1.165) is 11.1 Å². The molecule has 0 unspecified atom stereocenters. The molecule has 0 atom stereocenters. The fourth-order valence-electron chi connectivity index (χ4n) is 1.87. The molecule has 104 valence electrons. The standard InChI is InChI=1S/C14H14BrN3O2/c1-8-5-10(13(16)19)3-4-11(8)6-18-7-17-9(2)12(15)14(18)20/h3-5,7H,6H2,1-2H3,(H2,16,19). The van der Waals surface area contributed by atoms with Gasteiger partial charge in [0.1, 0.15) is 4.47 Å². The van der Waals surface area contributed by atoms with E-state index in [2.05, 4.69) is 20.9 Å². The second-order valence-corrected chi connectivity index (χ2v) is 5.38. The summed E-state index contributed by atoms with van der Waals surface area (Å²) in [7, 11) is 0. The maximum Gasteiger partial charge on any atom is 0.268 e. The summed E-state index contributed by atoms with van der Waals surface area (Å²) >= 11 is 3.24. The highest BCUT2D eigenvalue weighted by atomic mass is 79.9. The molecule has 1 aromatic carbocycles. The van der Waals surface area contributed by atoms with Crippen molar-refractivity contribution in [2.24, 2.45) is 5.73 Å². The number of aromatic nitrogens is 2. The first kappa shape index (κ1) is 14.5. The zero-order valence-corrected chi connectivity index (χ0v) is 12.8. The van der Waals surface area contributed by atoms with Crippen LogP contribution in [0.2, 0.25) is 0 Å². The number of primary amides is 1. The molecule has 2 aromatic rings. The number of carbonyl (C=O) groups excluding carboxylic acids is 1. The Morgan fingerprint density at radius 2 is 2.10 bits per heavy atom. The van der Waals surface area contributed by atoms with E-state index in [1.165, 1.54) is 10.9 Å². The van der Waals surface area contributed by atoms with Gasteiger partial charge in [0.2, 0.25) is 5.91 Å². The summed E-state index contributed by atoms with van der Waals surface area (Å²) in [5.41, 5.74) is 8.07. The van der Waals surface area contributed by atoms with Gasteiger partial charge in [-0.05, 0) is 53.0 Å². The van der Waals surface area contributed by atoms with Crippen molar-refractivity contribution in [3.63, 3.8) is 0 Å². The molecule has 0 fully saturated rings. The van der Waals surface area contributed by atoms with Gasteiger partial charge in [0.05, 0.1) is 18.6 Å². The number of nitrogens with two attached hydrogens (primary N) is 1. The minimum atomic E-state index is -0.462. The molecular formula is C14H14BrN3O2. The first-order valence-electron chi connectivity index (χ1n) is 6.01. The molecule has 0 saturated carbocycles. The van der Waals surface area contributed by atoms with E-state index in [9.17, 15) is 9.59 Å². The van der Waals surface area contributed by atoms with Crippen molar-refractivity contribution in [1.29, 1.82) is 0 Å². The summed E-state index contributed by atoms with van der Waals surface area (Å²) in [4.78, 5) is 27.3. The van der Waals surface area contributed by atoms with Crippen LogP contribution in [0.4, 0.5) is 0 Å². The van der Waals surface area contributed by atoms with Crippen molar-refractivity contribution in [3.8, 4) is 0 Å². The van der Waals surface area contributed by atoms with Crippen molar-refractivity contribution < 1.29 is 4.79 Å². The Labute approximate surface area is 124 Å². The fraction of sp³-hybridized carbons (Fsp3) is 0.214. The molecule has 0 bridgehead atoms. The van der Waals surface area contributed by atoms with Crippen LogP contribution < -0.4 is 11.3 Å². The number of halogens is 1. The lowest BCUT2D eigenvalue weighted by molar-refractivity contribution is 0.1000. The lowest BCUT2D eigenvalue weighted by atomic mass is 10.0. The number of carbonyl (C=O) groups is 1. The second-order valence-electron chi connectivity index (χ2n) is 4.58. The molecule has 20 heavy (non-hydrogen) atoms. The lowest BCUT2D eigenvalue weighted by Gasteiger charge is -2.10. The van der Waals surface area contributed by atoms with Crippen LogP contribution in [0.3, 0.4) is 0 Å². The molecular weight excluding hydrogens is 322 g/mol. The van der Waals surface area contributed by atoms with Crippen molar-refractivity contribution in [1.82, 2.24) is 9.55 Å². The van der Waals surface area contributed by atoms with Gasteiger partial charge in [0, 0.05) is 5.56 Å². The van der Waals surface area contributed by atoms with E-state index >= 15 is 0 Å². The number of hydrogen-bond acceptors (Lipinski definition) is 3. The van der Waals surface area contributed by atoms with Crippen LogP contribution in [-0.2, 0) is 6.54 Å². The minimum Gasteiger partial charge on any atom is -0.366 e. The molecule has 1 amide bonds. The molecule has 0 radical (unpaired) electrons. The third-order valence-corrected chi connectivity index (χ3v) is 4.04. The van der Waals surface area contributed by atoms with E-state index < -0.39 is 5.91 Å². The van der Waals surface area contributed by atoms with Gasteiger partial charge >= 0.3 is 0 Å². The summed E-state index contributed by atoms with van der Waals surface area (Å²) in [6.07, 6.45) is 1.52. The average molecular weight is 336 g/mol. The largest absolute Gasteiger partial charge is 0.366 e. The normalized spacial score (nSPS) is 10.6. The Balaban J connectivity index is 2.38. The van der Waals surface area contributed by atoms with Crippen LogP contribution in [0.5, 0.6) is 0 Å². The second kappa shape index (κ2) is 5.58. The van der Waals surface area contributed by atoms with Gasteiger partial charge < -0.3 is 5.73 Å². The zero-order chi connectivity index (χ0) is 14.9. The molecule has 1 aromatic heterocycles. The lowest BCUT2D eigenvalue weighted by Crippen LogP contribution is -2.23. The zero-order valence-electron chi connectivity index (χ0n) is 11.2. The molecule has 0 aliphatic heterocycles. The first-order chi connectivity index (χ1) is 9.40. The van der Waals surface area contributed by atoms with Gasteiger partial charge in [-0.15, -0.1) is 0 Å². The maximum absolute atomic E-state index is 12.1. The quantitative estimate of drug-likeness (QED) is 0.928. The van der Waals surface area contributed by atoms with Gasteiger partial charge in [0.25, 0.3) is 5.56 Å². The van der Waals surface area contributed by atoms with Crippen molar-refractivity contribution in [2.45, 2.75) is 20.4 Å².